The van der Waals surface area contributed by atoms with Gasteiger partial charge in [-0.15, -0.1) is 0 Å². The molecule has 0 N–H and O–H groups in total. The maximum Gasteiger partial charge on any atom is 0.243 e. The number of aryl methyl sites for hydroxylation is 1. The van der Waals surface area contributed by atoms with Gasteiger partial charge in [0.2, 0.25) is 10.0 Å². The van der Waals surface area contributed by atoms with E-state index in [1.807, 2.05) is 20.0 Å². The van der Waals surface area contributed by atoms with E-state index >= 15 is 0 Å². The molecule has 2 rings (SSSR count). The van der Waals surface area contributed by atoms with Crippen LogP contribution in [-0.4, -0.2) is 48.9 Å². The van der Waals surface area contributed by atoms with Gasteiger partial charge in [0, 0.05) is 38.5 Å². The lowest BCUT2D eigenvalue weighted by Crippen LogP contribution is -2.30. The molecule has 7 nitrogen and oxygen atoms in total. The van der Waals surface area contributed by atoms with Crippen molar-refractivity contribution in [3.63, 3.8) is 0 Å². The Morgan fingerprint density at radius 3 is 2.44 bits per heavy atom. The monoisotopic (exact) mass is 367 g/mol. The molecule has 0 bridgehead atoms. The molecule has 0 aliphatic rings. The summed E-state index contributed by atoms with van der Waals surface area (Å²) < 4.78 is 39.4. The van der Waals surface area contributed by atoms with Gasteiger partial charge in [0.25, 0.3) is 0 Å². The molecule has 138 valence electrons. The summed E-state index contributed by atoms with van der Waals surface area (Å²) in [5, 5.41) is 4.08. The van der Waals surface area contributed by atoms with Gasteiger partial charge in [-0.1, -0.05) is 6.92 Å². The molecule has 2 aromatic rings. The van der Waals surface area contributed by atoms with Gasteiger partial charge in [0.05, 0.1) is 17.7 Å². The molecule has 0 aliphatic heterocycles. The Kier molecular flexibility index (Phi) is 6.98. The zero-order valence-corrected chi connectivity index (χ0v) is 15.7. The van der Waals surface area contributed by atoms with Gasteiger partial charge in [0.1, 0.15) is 12.4 Å². The van der Waals surface area contributed by atoms with Crippen LogP contribution in [0.1, 0.15) is 19.4 Å². The molecule has 0 saturated carbocycles. The number of ether oxygens (including phenoxy) is 2. The second-order valence-corrected chi connectivity index (χ2v) is 7.41. The average Bonchev–Trinajstić information content (AvgIpc) is 3.02. The molecular formula is C17H25N3O4S. The third-order valence-corrected chi connectivity index (χ3v) is 5.57. The van der Waals surface area contributed by atoms with Crippen molar-refractivity contribution in [1.29, 1.82) is 0 Å². The molecule has 0 radical (unpaired) electrons. The highest BCUT2D eigenvalue weighted by Gasteiger charge is 2.23. The fourth-order valence-electron chi connectivity index (χ4n) is 2.34. The van der Waals surface area contributed by atoms with E-state index in [1.165, 1.54) is 4.31 Å². The molecule has 0 amide bonds. The highest BCUT2D eigenvalue weighted by molar-refractivity contribution is 7.89. The first-order valence-electron chi connectivity index (χ1n) is 8.25. The number of nitrogens with zero attached hydrogens (tertiary/aromatic N) is 3. The third kappa shape index (κ3) is 5.29. The fraction of sp³-hybridized carbons (Fsp3) is 0.471. The van der Waals surface area contributed by atoms with E-state index in [4.69, 9.17) is 9.47 Å². The van der Waals surface area contributed by atoms with Gasteiger partial charge in [0.15, 0.2) is 0 Å². The second kappa shape index (κ2) is 8.98. The van der Waals surface area contributed by atoms with Crippen molar-refractivity contribution in [2.45, 2.75) is 25.3 Å². The van der Waals surface area contributed by atoms with Crippen molar-refractivity contribution >= 4 is 10.0 Å². The Morgan fingerprint density at radius 2 is 1.88 bits per heavy atom. The zero-order valence-electron chi connectivity index (χ0n) is 14.9. The summed E-state index contributed by atoms with van der Waals surface area (Å²) in [7, 11) is -1.77. The molecule has 1 aromatic heterocycles. The Bertz CT molecular complexity index is 756. The summed E-state index contributed by atoms with van der Waals surface area (Å²) in [6.45, 7) is 5.99. The van der Waals surface area contributed by atoms with Crippen LogP contribution in [0.4, 0.5) is 0 Å². The van der Waals surface area contributed by atoms with E-state index in [2.05, 4.69) is 5.10 Å². The van der Waals surface area contributed by atoms with Crippen LogP contribution in [0.2, 0.25) is 0 Å². The quantitative estimate of drug-likeness (QED) is 0.601. The van der Waals surface area contributed by atoms with Crippen LogP contribution in [-0.2, 0) is 28.4 Å². The molecule has 1 heterocycles. The van der Waals surface area contributed by atoms with Gasteiger partial charge in [-0.05, 0) is 31.2 Å². The van der Waals surface area contributed by atoms with Crippen molar-refractivity contribution in [2.24, 2.45) is 7.05 Å². The molecule has 25 heavy (non-hydrogen) atoms. The Labute approximate surface area is 149 Å². The van der Waals surface area contributed by atoms with E-state index in [9.17, 15) is 8.42 Å². The highest BCUT2D eigenvalue weighted by atomic mass is 32.2. The molecular weight excluding hydrogens is 342 g/mol. The summed E-state index contributed by atoms with van der Waals surface area (Å²) in [4.78, 5) is 0.246. The van der Waals surface area contributed by atoms with E-state index in [0.29, 0.717) is 38.7 Å². The standard InChI is InChI=1S/C17H25N3O4S/c1-4-20(14-15-12-18-19(3)13-15)25(21,22)17-8-6-16(7-9-17)24-11-10-23-5-2/h6-9,12-13H,4-5,10-11,14H2,1-3H3. The maximum absolute atomic E-state index is 12.8. The predicted octanol–water partition coefficient (Wildman–Crippen LogP) is 2.05. The molecule has 0 spiro atoms. The van der Waals surface area contributed by atoms with Crippen molar-refractivity contribution in [3.05, 3.63) is 42.2 Å². The summed E-state index contributed by atoms with van der Waals surface area (Å²) in [6, 6.07) is 6.46. The lowest BCUT2D eigenvalue weighted by molar-refractivity contribution is 0.110. The zero-order chi connectivity index (χ0) is 18.3. The van der Waals surface area contributed by atoms with Crippen LogP contribution in [0.15, 0.2) is 41.6 Å². The first kappa shape index (κ1) is 19.4. The minimum atomic E-state index is -3.57. The van der Waals surface area contributed by atoms with E-state index in [-0.39, 0.29) is 4.90 Å². The number of aromatic nitrogens is 2. The lowest BCUT2D eigenvalue weighted by atomic mass is 10.3. The third-order valence-electron chi connectivity index (χ3n) is 3.63. The largest absolute Gasteiger partial charge is 0.491 e. The van der Waals surface area contributed by atoms with Crippen LogP contribution in [0.25, 0.3) is 0 Å². The van der Waals surface area contributed by atoms with Crippen molar-refractivity contribution < 1.29 is 17.9 Å². The Morgan fingerprint density at radius 1 is 1.16 bits per heavy atom. The first-order chi connectivity index (χ1) is 12.0. The number of sulfonamides is 1. The van der Waals surface area contributed by atoms with Gasteiger partial charge in [-0.3, -0.25) is 4.68 Å². The minimum Gasteiger partial charge on any atom is -0.491 e. The number of hydrogen-bond acceptors (Lipinski definition) is 5. The summed E-state index contributed by atoms with van der Waals surface area (Å²) in [6.07, 6.45) is 3.49. The van der Waals surface area contributed by atoms with E-state index < -0.39 is 10.0 Å². The SMILES string of the molecule is CCOCCOc1ccc(S(=O)(=O)N(CC)Cc2cnn(C)c2)cc1. The van der Waals surface area contributed by atoms with Gasteiger partial charge in [-0.25, -0.2) is 8.42 Å². The molecule has 0 saturated heterocycles. The number of rotatable bonds is 10. The molecule has 0 aliphatic carbocycles. The normalized spacial score (nSPS) is 11.8. The summed E-state index contributed by atoms with van der Waals surface area (Å²) >= 11 is 0. The van der Waals surface area contributed by atoms with Gasteiger partial charge in [-0.2, -0.15) is 9.40 Å². The molecule has 0 unspecified atom stereocenters. The maximum atomic E-state index is 12.8. The van der Waals surface area contributed by atoms with Crippen molar-refractivity contribution in [2.75, 3.05) is 26.4 Å². The summed E-state index contributed by atoms with van der Waals surface area (Å²) in [5.41, 5.74) is 0.851. The van der Waals surface area contributed by atoms with Crippen LogP contribution in [0.5, 0.6) is 5.75 Å². The molecule has 1 aromatic carbocycles. The topological polar surface area (TPSA) is 73.7 Å². The van der Waals surface area contributed by atoms with Crippen LogP contribution < -0.4 is 4.74 Å². The lowest BCUT2D eigenvalue weighted by Gasteiger charge is -2.20. The van der Waals surface area contributed by atoms with E-state index in [1.54, 1.807) is 42.2 Å². The molecule has 0 fully saturated rings. The first-order valence-corrected chi connectivity index (χ1v) is 9.69. The van der Waals surface area contributed by atoms with Crippen LogP contribution in [0.3, 0.4) is 0 Å². The van der Waals surface area contributed by atoms with Crippen LogP contribution >= 0.6 is 0 Å². The van der Waals surface area contributed by atoms with Gasteiger partial charge < -0.3 is 9.47 Å². The molecule has 0 atom stereocenters. The molecule has 8 heteroatoms. The summed E-state index contributed by atoms with van der Waals surface area (Å²) in [5.74, 6) is 0.619. The highest BCUT2D eigenvalue weighted by Crippen LogP contribution is 2.21. The smallest absolute Gasteiger partial charge is 0.243 e. The van der Waals surface area contributed by atoms with E-state index in [0.717, 1.165) is 5.56 Å². The predicted molar refractivity (Wildman–Crippen MR) is 94.9 cm³/mol. The van der Waals surface area contributed by atoms with Gasteiger partial charge >= 0.3 is 0 Å². The Balaban J connectivity index is 2.06. The minimum absolute atomic E-state index is 0.246. The van der Waals surface area contributed by atoms with Crippen LogP contribution in [0, 0.1) is 0 Å². The fourth-order valence-corrected chi connectivity index (χ4v) is 3.78. The number of hydrogen-bond donors (Lipinski definition) is 0. The van der Waals surface area contributed by atoms with Crippen molar-refractivity contribution in [3.8, 4) is 5.75 Å². The Hall–Kier alpha value is -1.90. The average molecular weight is 367 g/mol. The second-order valence-electron chi connectivity index (χ2n) is 5.47. The number of benzene rings is 1. The van der Waals surface area contributed by atoms with Crippen molar-refractivity contribution in [1.82, 2.24) is 14.1 Å².